The molecular formula is C17H14N4O3S. The number of rotatable bonds is 6. The summed E-state index contributed by atoms with van der Waals surface area (Å²) >= 11 is 1.48. The summed E-state index contributed by atoms with van der Waals surface area (Å²) in [5.41, 5.74) is 1.91. The van der Waals surface area contributed by atoms with Crippen LogP contribution in [0.5, 0.6) is 0 Å². The lowest BCUT2D eigenvalue weighted by atomic mass is 10.2. The Labute approximate surface area is 147 Å². The maximum absolute atomic E-state index is 12.1. The number of nitro groups is 1. The molecule has 0 atom stereocenters. The van der Waals surface area contributed by atoms with Gasteiger partial charge in [-0.2, -0.15) is 0 Å². The Kier molecular flexibility index (Phi) is 5.10. The molecule has 3 aromatic rings. The summed E-state index contributed by atoms with van der Waals surface area (Å²) in [4.78, 5) is 31.1. The second-order valence-electron chi connectivity index (χ2n) is 5.26. The molecule has 0 bridgehead atoms. The van der Waals surface area contributed by atoms with Crippen molar-refractivity contribution in [3.63, 3.8) is 0 Å². The van der Waals surface area contributed by atoms with Crippen molar-refractivity contribution in [3.8, 4) is 0 Å². The van der Waals surface area contributed by atoms with Gasteiger partial charge in [0.25, 0.3) is 5.69 Å². The van der Waals surface area contributed by atoms with Gasteiger partial charge in [-0.05, 0) is 18.2 Å². The Morgan fingerprint density at radius 1 is 1.20 bits per heavy atom. The van der Waals surface area contributed by atoms with E-state index in [0.29, 0.717) is 17.8 Å². The maximum atomic E-state index is 12.1. The third kappa shape index (κ3) is 4.67. The van der Waals surface area contributed by atoms with E-state index in [4.69, 9.17) is 0 Å². The summed E-state index contributed by atoms with van der Waals surface area (Å²) in [5.74, 6) is -0.268. The molecule has 1 aromatic carbocycles. The zero-order chi connectivity index (χ0) is 17.6. The molecule has 25 heavy (non-hydrogen) atoms. The monoisotopic (exact) mass is 354 g/mol. The molecule has 2 heterocycles. The third-order valence-electron chi connectivity index (χ3n) is 3.34. The van der Waals surface area contributed by atoms with Crippen LogP contribution in [-0.2, 0) is 17.6 Å². The first-order chi connectivity index (χ1) is 12.1. The van der Waals surface area contributed by atoms with Gasteiger partial charge in [0, 0.05) is 41.5 Å². The molecule has 0 unspecified atom stereocenters. The number of anilines is 1. The van der Waals surface area contributed by atoms with Crippen LogP contribution >= 0.6 is 11.3 Å². The van der Waals surface area contributed by atoms with E-state index in [-0.39, 0.29) is 18.0 Å². The average molecular weight is 354 g/mol. The minimum atomic E-state index is -0.500. The fraction of sp³-hybridized carbons (Fsp3) is 0.118. The van der Waals surface area contributed by atoms with E-state index in [0.717, 1.165) is 10.7 Å². The summed E-state index contributed by atoms with van der Waals surface area (Å²) in [6, 6.07) is 11.5. The van der Waals surface area contributed by atoms with Crippen LogP contribution in [0.2, 0.25) is 0 Å². The van der Waals surface area contributed by atoms with Crippen molar-refractivity contribution >= 4 is 28.6 Å². The number of carbonyl (C=O) groups is 1. The molecule has 0 aliphatic heterocycles. The highest BCUT2D eigenvalue weighted by Gasteiger charge is 2.11. The lowest BCUT2D eigenvalue weighted by Crippen LogP contribution is -2.14. The van der Waals surface area contributed by atoms with E-state index in [1.807, 2.05) is 23.6 Å². The van der Waals surface area contributed by atoms with Gasteiger partial charge < -0.3 is 5.32 Å². The number of pyridine rings is 1. The Balaban J connectivity index is 1.60. The quantitative estimate of drug-likeness (QED) is 0.541. The summed E-state index contributed by atoms with van der Waals surface area (Å²) in [7, 11) is 0. The molecule has 0 aliphatic rings. The van der Waals surface area contributed by atoms with Crippen LogP contribution in [0.1, 0.15) is 16.4 Å². The molecule has 0 saturated carbocycles. The number of non-ortho nitro benzene ring substituents is 1. The van der Waals surface area contributed by atoms with Crippen LogP contribution in [0.4, 0.5) is 11.4 Å². The van der Waals surface area contributed by atoms with E-state index in [2.05, 4.69) is 15.3 Å². The largest absolute Gasteiger partial charge is 0.325 e. The fourth-order valence-corrected chi connectivity index (χ4v) is 3.05. The van der Waals surface area contributed by atoms with Gasteiger partial charge in [-0.15, -0.1) is 11.3 Å². The van der Waals surface area contributed by atoms with Crippen molar-refractivity contribution in [2.45, 2.75) is 12.8 Å². The molecule has 126 valence electrons. The topological polar surface area (TPSA) is 98.0 Å². The van der Waals surface area contributed by atoms with Gasteiger partial charge in [-0.25, -0.2) is 4.98 Å². The maximum Gasteiger partial charge on any atom is 0.271 e. The molecule has 1 N–H and O–H groups in total. The number of aromatic nitrogens is 2. The van der Waals surface area contributed by atoms with Crippen molar-refractivity contribution in [1.82, 2.24) is 9.97 Å². The normalized spacial score (nSPS) is 10.4. The molecule has 0 aliphatic carbocycles. The summed E-state index contributed by atoms with van der Waals surface area (Å²) in [5, 5.41) is 16.1. The number of thiazole rings is 1. The van der Waals surface area contributed by atoms with Gasteiger partial charge in [0.15, 0.2) is 0 Å². The number of hydrogen-bond acceptors (Lipinski definition) is 6. The van der Waals surface area contributed by atoms with Crippen LogP contribution in [0.3, 0.4) is 0 Å². The number of carbonyl (C=O) groups excluding carboxylic acids is 1. The SMILES string of the molecule is O=C(Cc1csc(Cc2ccccn2)n1)Nc1cccc([N+](=O)[O-])c1. The van der Waals surface area contributed by atoms with Gasteiger partial charge in [0.05, 0.1) is 22.0 Å². The smallest absolute Gasteiger partial charge is 0.271 e. The lowest BCUT2D eigenvalue weighted by Gasteiger charge is -2.03. The molecule has 2 aromatic heterocycles. The number of nitrogens with zero attached hydrogens (tertiary/aromatic N) is 3. The zero-order valence-electron chi connectivity index (χ0n) is 13.1. The van der Waals surface area contributed by atoms with Crippen LogP contribution in [0.15, 0.2) is 54.0 Å². The second kappa shape index (κ2) is 7.63. The average Bonchev–Trinajstić information content (AvgIpc) is 3.02. The Morgan fingerprint density at radius 3 is 2.84 bits per heavy atom. The first-order valence-corrected chi connectivity index (χ1v) is 8.35. The standard InChI is InChI=1S/C17H14N4O3S/c22-16(19-13-5-3-6-15(8-13)21(23)24)9-14-11-25-17(20-14)10-12-4-1-2-7-18-12/h1-8,11H,9-10H2,(H,19,22). The molecular weight excluding hydrogens is 340 g/mol. The van der Waals surface area contributed by atoms with Gasteiger partial charge in [-0.1, -0.05) is 12.1 Å². The number of nitro benzene ring substituents is 1. The summed E-state index contributed by atoms with van der Waals surface area (Å²) in [6.45, 7) is 0. The first kappa shape index (κ1) is 16.7. The van der Waals surface area contributed by atoms with Crippen LogP contribution in [0, 0.1) is 10.1 Å². The molecule has 0 radical (unpaired) electrons. The van der Waals surface area contributed by atoms with E-state index in [1.165, 1.54) is 29.5 Å². The predicted molar refractivity (Wildman–Crippen MR) is 94.6 cm³/mol. The molecule has 0 saturated heterocycles. The van der Waals surface area contributed by atoms with E-state index in [9.17, 15) is 14.9 Å². The minimum absolute atomic E-state index is 0.0656. The molecule has 3 rings (SSSR count). The summed E-state index contributed by atoms with van der Waals surface area (Å²) < 4.78 is 0. The van der Waals surface area contributed by atoms with Crippen molar-refractivity contribution in [1.29, 1.82) is 0 Å². The number of hydrogen-bond donors (Lipinski definition) is 1. The van der Waals surface area contributed by atoms with Gasteiger partial charge in [0.2, 0.25) is 5.91 Å². The first-order valence-electron chi connectivity index (χ1n) is 7.47. The third-order valence-corrected chi connectivity index (χ3v) is 4.24. The van der Waals surface area contributed by atoms with Crippen molar-refractivity contribution in [3.05, 3.63) is 80.6 Å². The molecule has 0 fully saturated rings. The highest BCUT2D eigenvalue weighted by Crippen LogP contribution is 2.18. The summed E-state index contributed by atoms with van der Waals surface area (Å²) in [6.07, 6.45) is 2.47. The minimum Gasteiger partial charge on any atom is -0.325 e. The zero-order valence-corrected chi connectivity index (χ0v) is 13.9. The highest BCUT2D eigenvalue weighted by atomic mass is 32.1. The van der Waals surface area contributed by atoms with Crippen molar-refractivity contribution in [2.75, 3.05) is 5.32 Å². The van der Waals surface area contributed by atoms with Gasteiger partial charge >= 0.3 is 0 Å². The van der Waals surface area contributed by atoms with E-state index in [1.54, 1.807) is 12.3 Å². The number of nitrogens with one attached hydrogen (secondary N) is 1. The molecule has 0 spiro atoms. The van der Waals surface area contributed by atoms with E-state index >= 15 is 0 Å². The highest BCUT2D eigenvalue weighted by molar-refractivity contribution is 7.09. The van der Waals surface area contributed by atoms with Crippen molar-refractivity contribution in [2.24, 2.45) is 0 Å². The Morgan fingerprint density at radius 2 is 2.08 bits per heavy atom. The van der Waals surface area contributed by atoms with Crippen LogP contribution < -0.4 is 5.32 Å². The Bertz CT molecular complexity index is 896. The van der Waals surface area contributed by atoms with Crippen LogP contribution in [-0.4, -0.2) is 20.8 Å². The van der Waals surface area contributed by atoms with Crippen molar-refractivity contribution < 1.29 is 9.72 Å². The van der Waals surface area contributed by atoms with E-state index < -0.39 is 4.92 Å². The number of benzene rings is 1. The Hall–Kier alpha value is -3.13. The predicted octanol–water partition coefficient (Wildman–Crippen LogP) is 3.22. The molecule has 1 amide bonds. The van der Waals surface area contributed by atoms with Crippen LogP contribution in [0.25, 0.3) is 0 Å². The van der Waals surface area contributed by atoms with Gasteiger partial charge in [0.1, 0.15) is 0 Å². The molecule has 7 nitrogen and oxygen atoms in total. The number of amides is 1. The van der Waals surface area contributed by atoms with Gasteiger partial charge in [-0.3, -0.25) is 19.9 Å². The fourth-order valence-electron chi connectivity index (χ4n) is 2.24. The molecule has 8 heteroatoms. The second-order valence-corrected chi connectivity index (χ2v) is 6.21. The lowest BCUT2D eigenvalue weighted by molar-refractivity contribution is -0.384.